The lowest BCUT2D eigenvalue weighted by Crippen LogP contribution is -2.11. The summed E-state index contributed by atoms with van der Waals surface area (Å²) in [5, 5.41) is 9.16. The van der Waals surface area contributed by atoms with Crippen LogP contribution in [0, 0.1) is 5.82 Å². The van der Waals surface area contributed by atoms with E-state index in [9.17, 15) is 14.0 Å². The second-order valence-electron chi connectivity index (χ2n) is 14.1. The zero-order chi connectivity index (χ0) is 42.0. The first-order valence-electron chi connectivity index (χ1n) is 19.9. The Bertz CT molecular complexity index is 2850. The van der Waals surface area contributed by atoms with Crippen LogP contribution in [0.3, 0.4) is 0 Å². The van der Waals surface area contributed by atoms with E-state index in [4.69, 9.17) is 32.5 Å². The molecule has 8 aromatic rings. The van der Waals surface area contributed by atoms with Gasteiger partial charge in [0.05, 0.1) is 49.9 Å². The number of hydrogen-bond acceptors (Lipinski definition) is 11. The molecular weight excluding hydrogens is 782 g/mol. The van der Waals surface area contributed by atoms with Gasteiger partial charge in [-0.2, -0.15) is 0 Å². The Morgan fingerprint density at radius 1 is 0.672 bits per heavy atom. The largest absolute Gasteiger partial charge is 0.497 e. The van der Waals surface area contributed by atoms with Crippen LogP contribution in [0.2, 0.25) is 0 Å². The summed E-state index contributed by atoms with van der Waals surface area (Å²) < 4.78 is 56.4. The SMILES string of the molecule is COc1cccc(COc2c(-c3ccc(OCCCCc4cn(CCOCCOc5ccc(-c6cc(=O)c7cc(F)ccc7o6)cc5)nn4)cc3)oc3ccccc3c2=O)c1. The van der Waals surface area contributed by atoms with Crippen molar-refractivity contribution in [2.24, 2.45) is 0 Å². The van der Waals surface area contributed by atoms with Crippen molar-refractivity contribution in [2.45, 2.75) is 32.4 Å². The Hall–Kier alpha value is -7.25. The van der Waals surface area contributed by atoms with E-state index in [2.05, 4.69) is 10.3 Å². The highest BCUT2D eigenvalue weighted by molar-refractivity contribution is 5.82. The summed E-state index contributed by atoms with van der Waals surface area (Å²) in [7, 11) is 1.61. The fourth-order valence-electron chi connectivity index (χ4n) is 6.69. The average Bonchev–Trinajstić information content (AvgIpc) is 3.75. The molecule has 3 aromatic heterocycles. The van der Waals surface area contributed by atoms with Crippen molar-refractivity contribution in [3.8, 4) is 45.6 Å². The van der Waals surface area contributed by atoms with Crippen molar-refractivity contribution in [1.82, 2.24) is 15.0 Å². The summed E-state index contributed by atoms with van der Waals surface area (Å²) in [4.78, 5) is 26.0. The van der Waals surface area contributed by atoms with Gasteiger partial charge in [0.25, 0.3) is 0 Å². The maximum Gasteiger partial charge on any atom is 0.235 e. The fraction of sp³-hybridized carbons (Fsp3) is 0.208. The number of methoxy groups -OCH3 is 1. The van der Waals surface area contributed by atoms with E-state index in [1.807, 2.05) is 60.8 Å². The number of para-hydroxylation sites is 1. The van der Waals surface area contributed by atoms with Gasteiger partial charge in [-0.3, -0.25) is 9.59 Å². The number of ether oxygens (including phenoxy) is 5. The molecule has 0 spiro atoms. The van der Waals surface area contributed by atoms with Crippen molar-refractivity contribution in [2.75, 3.05) is 33.5 Å². The molecule has 310 valence electrons. The van der Waals surface area contributed by atoms with Crippen molar-refractivity contribution < 1.29 is 36.9 Å². The first kappa shape index (κ1) is 40.5. The number of unbranched alkanes of at least 4 members (excludes halogenated alkanes) is 1. The third kappa shape index (κ3) is 10.1. The maximum atomic E-state index is 13.6. The van der Waals surface area contributed by atoms with E-state index in [1.54, 1.807) is 54.3 Å². The molecule has 0 radical (unpaired) electrons. The Balaban J connectivity index is 0.743. The van der Waals surface area contributed by atoms with Crippen LogP contribution in [0.5, 0.6) is 23.0 Å². The molecule has 0 saturated heterocycles. The summed E-state index contributed by atoms with van der Waals surface area (Å²) in [6.45, 7) is 2.45. The molecule has 8 rings (SSSR count). The average molecular weight is 824 g/mol. The Kier molecular flexibility index (Phi) is 12.8. The molecule has 0 unspecified atom stereocenters. The predicted molar refractivity (Wildman–Crippen MR) is 228 cm³/mol. The molecule has 0 saturated carbocycles. The van der Waals surface area contributed by atoms with Gasteiger partial charge in [0.15, 0.2) is 11.2 Å². The summed E-state index contributed by atoms with van der Waals surface area (Å²) >= 11 is 0. The smallest absolute Gasteiger partial charge is 0.235 e. The lowest BCUT2D eigenvalue weighted by molar-refractivity contribution is 0.0923. The van der Waals surface area contributed by atoms with Gasteiger partial charge >= 0.3 is 0 Å². The van der Waals surface area contributed by atoms with Gasteiger partial charge in [-0.25, -0.2) is 9.07 Å². The second-order valence-corrected chi connectivity index (χ2v) is 14.1. The standard InChI is InChI=1S/C48H42FN3O9/c1-55-39-9-6-7-32(27-39)31-59-48-46(54)40-10-2-3-11-43(40)61-47(48)34-14-19-37(20-15-34)57-23-5-4-8-36-30-52(51-50-36)22-24-56-25-26-58-38-17-12-33(13-18-38)45-29-42(53)41-28-35(49)16-21-44(41)60-45/h2-3,6-7,9-21,27-30H,4-5,8,22-26,31H2,1H3. The lowest BCUT2D eigenvalue weighted by atomic mass is 10.1. The molecule has 0 aliphatic heterocycles. The Labute approximate surface area is 349 Å². The summed E-state index contributed by atoms with van der Waals surface area (Å²) in [5.41, 5.74) is 3.41. The van der Waals surface area contributed by atoms with Gasteiger partial charge in [-0.15, -0.1) is 5.10 Å². The molecule has 13 heteroatoms. The maximum absolute atomic E-state index is 13.6. The highest BCUT2D eigenvalue weighted by Gasteiger charge is 2.18. The van der Waals surface area contributed by atoms with Crippen molar-refractivity contribution >= 4 is 21.9 Å². The van der Waals surface area contributed by atoms with Crippen molar-refractivity contribution in [3.63, 3.8) is 0 Å². The summed E-state index contributed by atoms with van der Waals surface area (Å²) in [6, 6.07) is 34.5. The van der Waals surface area contributed by atoms with Crippen LogP contribution in [-0.4, -0.2) is 48.5 Å². The van der Waals surface area contributed by atoms with Crippen molar-refractivity contribution in [3.05, 3.63) is 165 Å². The normalized spacial score (nSPS) is 11.2. The number of halogens is 1. The molecule has 3 heterocycles. The van der Waals surface area contributed by atoms with Gasteiger partial charge in [0, 0.05) is 23.4 Å². The second kappa shape index (κ2) is 19.2. The minimum Gasteiger partial charge on any atom is -0.497 e. The minimum atomic E-state index is -0.487. The number of rotatable bonds is 19. The third-order valence-electron chi connectivity index (χ3n) is 9.86. The van der Waals surface area contributed by atoms with Crippen LogP contribution in [0.4, 0.5) is 4.39 Å². The first-order valence-corrected chi connectivity index (χ1v) is 19.9. The van der Waals surface area contributed by atoms with Gasteiger partial charge in [-0.1, -0.05) is 29.5 Å². The van der Waals surface area contributed by atoms with E-state index in [1.165, 1.54) is 24.3 Å². The highest BCUT2D eigenvalue weighted by atomic mass is 19.1. The van der Waals surface area contributed by atoms with Crippen LogP contribution in [0.25, 0.3) is 44.6 Å². The first-order chi connectivity index (χ1) is 29.9. The van der Waals surface area contributed by atoms with Crippen LogP contribution < -0.4 is 29.8 Å². The zero-order valence-electron chi connectivity index (χ0n) is 33.4. The minimum absolute atomic E-state index is 0.143. The number of fused-ring (bicyclic) bond motifs is 2. The number of aryl methyl sites for hydroxylation is 1. The summed E-state index contributed by atoms with van der Waals surface area (Å²) in [6.07, 6.45) is 4.39. The highest BCUT2D eigenvalue weighted by Crippen LogP contribution is 2.33. The van der Waals surface area contributed by atoms with Crippen molar-refractivity contribution in [1.29, 1.82) is 0 Å². The quantitative estimate of drug-likeness (QED) is 0.0723. The van der Waals surface area contributed by atoms with Crippen LogP contribution >= 0.6 is 0 Å². The molecule has 0 N–H and O–H groups in total. The third-order valence-corrected chi connectivity index (χ3v) is 9.86. The monoisotopic (exact) mass is 823 g/mol. The number of benzene rings is 5. The van der Waals surface area contributed by atoms with Crippen LogP contribution in [0.1, 0.15) is 24.1 Å². The number of hydrogen-bond donors (Lipinski definition) is 0. The van der Waals surface area contributed by atoms with Crippen LogP contribution in [-0.2, 0) is 24.3 Å². The fourth-order valence-corrected chi connectivity index (χ4v) is 6.69. The Morgan fingerprint density at radius 2 is 1.44 bits per heavy atom. The molecule has 0 amide bonds. The number of aromatic nitrogens is 3. The van der Waals surface area contributed by atoms with E-state index in [0.29, 0.717) is 89.4 Å². The lowest BCUT2D eigenvalue weighted by Gasteiger charge is -2.13. The van der Waals surface area contributed by atoms with E-state index < -0.39 is 5.82 Å². The summed E-state index contributed by atoms with van der Waals surface area (Å²) in [5.74, 6) is 2.46. The molecule has 61 heavy (non-hydrogen) atoms. The molecule has 5 aromatic carbocycles. The van der Waals surface area contributed by atoms with E-state index >= 15 is 0 Å². The predicted octanol–water partition coefficient (Wildman–Crippen LogP) is 9.05. The molecule has 0 aliphatic rings. The van der Waals surface area contributed by atoms with E-state index in [-0.39, 0.29) is 28.6 Å². The zero-order valence-corrected chi connectivity index (χ0v) is 33.4. The molecule has 0 atom stereocenters. The molecule has 12 nitrogen and oxygen atoms in total. The van der Waals surface area contributed by atoms with Crippen LogP contribution in [0.15, 0.2) is 146 Å². The molecule has 0 bridgehead atoms. The van der Waals surface area contributed by atoms with Gasteiger partial charge in [0.1, 0.15) is 53.2 Å². The van der Waals surface area contributed by atoms with Gasteiger partial charge in [0.2, 0.25) is 11.2 Å². The Morgan fingerprint density at radius 3 is 2.26 bits per heavy atom. The topological polar surface area (TPSA) is 137 Å². The van der Waals surface area contributed by atoms with Gasteiger partial charge < -0.3 is 32.5 Å². The number of nitrogens with zero attached hydrogens (tertiary/aromatic N) is 3. The molecule has 0 fully saturated rings. The van der Waals surface area contributed by atoms with Gasteiger partial charge in [-0.05, 0) is 116 Å². The van der Waals surface area contributed by atoms with E-state index in [0.717, 1.165) is 30.5 Å². The molecule has 0 aliphatic carbocycles. The molecular formula is C48H42FN3O9.